The van der Waals surface area contributed by atoms with Crippen molar-refractivity contribution in [1.82, 2.24) is 15.1 Å². The molecule has 1 aliphatic carbocycles. The molecule has 0 spiro atoms. The highest BCUT2D eigenvalue weighted by Gasteiger charge is 2.44. The molecule has 3 N–H and O–H groups in total. The van der Waals surface area contributed by atoms with Gasteiger partial charge >= 0.3 is 0 Å². The molecule has 4 aliphatic rings. The Bertz CT molecular complexity index is 1100. The van der Waals surface area contributed by atoms with Crippen LogP contribution in [0.4, 0.5) is 0 Å². The quantitative estimate of drug-likeness (QED) is 0.580. The molecule has 1 aromatic carbocycles. The number of nitrogens with zero attached hydrogens (tertiary/aromatic N) is 2. The van der Waals surface area contributed by atoms with Gasteiger partial charge in [0.25, 0.3) is 0 Å². The molecule has 1 saturated carbocycles. The highest BCUT2D eigenvalue weighted by atomic mass is 16.5. The van der Waals surface area contributed by atoms with Crippen LogP contribution in [0.3, 0.4) is 0 Å². The maximum absolute atomic E-state index is 13.8. The Hall–Kier alpha value is -2.81. The Morgan fingerprint density at radius 2 is 1.73 bits per heavy atom. The minimum Gasteiger partial charge on any atom is -0.493 e. The van der Waals surface area contributed by atoms with Gasteiger partial charge in [0.2, 0.25) is 17.7 Å². The fourth-order valence-corrected chi connectivity index (χ4v) is 7.71. The van der Waals surface area contributed by atoms with Crippen LogP contribution < -0.4 is 20.5 Å². The van der Waals surface area contributed by atoms with Crippen LogP contribution in [0, 0.1) is 17.8 Å². The monoisotopic (exact) mass is 568 g/mol. The Balaban J connectivity index is 1.33. The van der Waals surface area contributed by atoms with Crippen molar-refractivity contribution >= 4 is 17.7 Å². The molecule has 41 heavy (non-hydrogen) atoms. The number of rotatable bonds is 3. The van der Waals surface area contributed by atoms with Crippen molar-refractivity contribution in [1.29, 1.82) is 0 Å². The number of fused-ring (bicyclic) bond motifs is 6. The predicted octanol–water partition coefficient (Wildman–Crippen LogP) is 3.06. The topological polar surface area (TPSA) is 114 Å². The van der Waals surface area contributed by atoms with Crippen LogP contribution in [0.25, 0.3) is 0 Å². The van der Waals surface area contributed by atoms with E-state index in [0.717, 1.165) is 75.5 Å². The molecular weight excluding hydrogens is 520 g/mol. The van der Waals surface area contributed by atoms with Crippen LogP contribution in [0.2, 0.25) is 0 Å². The van der Waals surface area contributed by atoms with Gasteiger partial charge in [-0.3, -0.25) is 14.4 Å². The van der Waals surface area contributed by atoms with Gasteiger partial charge in [-0.2, -0.15) is 0 Å². The minimum atomic E-state index is 0.0517. The lowest BCUT2D eigenvalue weighted by atomic mass is 9.76. The molecule has 4 bridgehead atoms. The van der Waals surface area contributed by atoms with Crippen LogP contribution in [0.1, 0.15) is 75.3 Å². The first kappa shape index (κ1) is 29.7. The van der Waals surface area contributed by atoms with E-state index in [-0.39, 0.29) is 41.6 Å². The van der Waals surface area contributed by atoms with E-state index in [2.05, 4.69) is 21.2 Å². The molecule has 3 amide bonds. The van der Waals surface area contributed by atoms with Crippen LogP contribution >= 0.6 is 0 Å². The van der Waals surface area contributed by atoms with E-state index >= 15 is 0 Å². The number of amides is 3. The molecule has 1 aromatic rings. The first-order valence-corrected chi connectivity index (χ1v) is 15.7. The number of ether oxygens (including phenoxy) is 2. The molecule has 5 rings (SSSR count). The van der Waals surface area contributed by atoms with Crippen molar-refractivity contribution in [2.24, 2.45) is 23.5 Å². The van der Waals surface area contributed by atoms with E-state index in [1.807, 2.05) is 6.07 Å². The highest BCUT2D eigenvalue weighted by Crippen LogP contribution is 2.38. The fourth-order valence-electron chi connectivity index (χ4n) is 7.71. The zero-order valence-corrected chi connectivity index (χ0v) is 24.9. The third-order valence-corrected chi connectivity index (χ3v) is 9.81. The predicted molar refractivity (Wildman–Crippen MR) is 157 cm³/mol. The molecule has 0 aromatic heterocycles. The summed E-state index contributed by atoms with van der Waals surface area (Å²) in [7, 11) is 3.28. The van der Waals surface area contributed by atoms with Gasteiger partial charge in [0, 0.05) is 57.0 Å². The Morgan fingerprint density at radius 3 is 2.49 bits per heavy atom. The number of piperidine rings is 2. The summed E-state index contributed by atoms with van der Waals surface area (Å²) in [5.74, 6) is 2.52. The average molecular weight is 569 g/mol. The van der Waals surface area contributed by atoms with Crippen LogP contribution in [0.5, 0.6) is 11.5 Å². The second-order valence-electron chi connectivity index (χ2n) is 12.7. The molecule has 0 unspecified atom stereocenters. The molecular formula is C32H48N4O5. The average Bonchev–Trinajstić information content (AvgIpc) is 2.98. The van der Waals surface area contributed by atoms with E-state index < -0.39 is 0 Å². The third-order valence-electron chi connectivity index (χ3n) is 9.81. The maximum atomic E-state index is 13.8. The zero-order chi connectivity index (χ0) is 28.9. The van der Waals surface area contributed by atoms with Crippen molar-refractivity contribution < 1.29 is 23.9 Å². The van der Waals surface area contributed by atoms with E-state index in [1.54, 1.807) is 14.2 Å². The number of methoxy groups -OCH3 is 2. The molecule has 226 valence electrons. The van der Waals surface area contributed by atoms with E-state index in [1.165, 1.54) is 0 Å². The lowest BCUT2D eigenvalue weighted by Crippen LogP contribution is -2.60. The highest BCUT2D eigenvalue weighted by molar-refractivity contribution is 5.80. The number of benzene rings is 1. The Morgan fingerprint density at radius 1 is 0.927 bits per heavy atom. The van der Waals surface area contributed by atoms with E-state index in [9.17, 15) is 14.4 Å². The number of likely N-dealkylation sites (tertiary alicyclic amines) is 1. The first-order chi connectivity index (χ1) is 19.9. The normalized spacial score (nSPS) is 29.8. The minimum absolute atomic E-state index is 0.0517. The summed E-state index contributed by atoms with van der Waals surface area (Å²) in [4.78, 5) is 44.2. The molecule has 3 fully saturated rings. The molecule has 3 aliphatic heterocycles. The van der Waals surface area contributed by atoms with Crippen LogP contribution in [0.15, 0.2) is 12.1 Å². The number of hydrogen-bond acceptors (Lipinski definition) is 6. The number of nitrogens with two attached hydrogens (primary N) is 1. The van der Waals surface area contributed by atoms with Crippen molar-refractivity contribution in [3.63, 3.8) is 0 Å². The van der Waals surface area contributed by atoms with Gasteiger partial charge in [0.1, 0.15) is 0 Å². The van der Waals surface area contributed by atoms with Crippen molar-refractivity contribution in [2.45, 2.75) is 89.1 Å². The van der Waals surface area contributed by atoms with Gasteiger partial charge in [-0.25, -0.2) is 0 Å². The van der Waals surface area contributed by atoms with E-state index in [0.29, 0.717) is 56.3 Å². The fraction of sp³-hybridized carbons (Fsp3) is 0.719. The Labute approximate surface area is 244 Å². The maximum Gasteiger partial charge on any atom is 0.225 e. The standard InChI is InChI=1S/C32H48N4O5/c1-40-28-17-21-8-13-30(38)36-19-22-16-25(20-35(18-22)32(39)23-9-11-26(33)12-10-23)27(36)6-3-7-29(37)34-14-4-5-24(15-21)31(28)41-2/h15,17,22-23,25-27H,3-14,16,18-20,33H2,1-2H3,(H,34,37)/t22-,23?,25+,26?,27-/m0/s1. The van der Waals surface area contributed by atoms with Crippen LogP contribution in [-0.4, -0.2) is 80.0 Å². The van der Waals surface area contributed by atoms with Gasteiger partial charge in [0.15, 0.2) is 11.5 Å². The summed E-state index contributed by atoms with van der Waals surface area (Å²) >= 11 is 0. The molecule has 3 atom stereocenters. The lowest BCUT2D eigenvalue weighted by molar-refractivity contribution is -0.148. The second-order valence-corrected chi connectivity index (χ2v) is 12.7. The SMILES string of the molecule is COc1cc2cc(c1OC)CCCNC(=O)CCC[C@H]1[C@@H]3C[C@@H](CN(C(=O)C4CCC(N)CC4)C3)CN1C(=O)CC2. The Kier molecular flexibility index (Phi) is 9.73. The summed E-state index contributed by atoms with van der Waals surface area (Å²) < 4.78 is 11.3. The summed E-state index contributed by atoms with van der Waals surface area (Å²) in [5.41, 5.74) is 8.18. The number of carbonyl (C=O) groups excluding carboxylic acids is 3. The summed E-state index contributed by atoms with van der Waals surface area (Å²) in [5, 5.41) is 3.07. The number of aryl methyl sites for hydroxylation is 2. The van der Waals surface area contributed by atoms with Crippen molar-refractivity contribution in [3.05, 3.63) is 23.3 Å². The van der Waals surface area contributed by atoms with Crippen molar-refractivity contribution in [2.75, 3.05) is 40.4 Å². The molecule has 2 saturated heterocycles. The summed E-state index contributed by atoms with van der Waals surface area (Å²) in [6.45, 7) is 2.73. The smallest absolute Gasteiger partial charge is 0.225 e. The summed E-state index contributed by atoms with van der Waals surface area (Å²) in [6.07, 6.45) is 9.23. The van der Waals surface area contributed by atoms with Gasteiger partial charge in [0.05, 0.1) is 14.2 Å². The van der Waals surface area contributed by atoms with Crippen molar-refractivity contribution in [3.8, 4) is 11.5 Å². The number of nitrogens with one attached hydrogen (secondary N) is 1. The third kappa shape index (κ3) is 6.99. The first-order valence-electron chi connectivity index (χ1n) is 15.7. The van der Waals surface area contributed by atoms with Gasteiger partial charge in [-0.15, -0.1) is 0 Å². The lowest BCUT2D eigenvalue weighted by Gasteiger charge is -2.51. The molecule has 9 nitrogen and oxygen atoms in total. The molecule has 3 heterocycles. The van der Waals surface area contributed by atoms with Gasteiger partial charge in [-0.05, 0) is 93.2 Å². The van der Waals surface area contributed by atoms with Crippen LogP contribution in [-0.2, 0) is 27.2 Å². The summed E-state index contributed by atoms with van der Waals surface area (Å²) in [6, 6.07) is 4.37. The second kappa shape index (κ2) is 13.4. The largest absolute Gasteiger partial charge is 0.493 e. The molecule has 0 radical (unpaired) electrons. The van der Waals surface area contributed by atoms with E-state index in [4.69, 9.17) is 15.2 Å². The molecule has 9 heteroatoms. The number of carbonyl (C=O) groups is 3. The van der Waals surface area contributed by atoms with Gasteiger partial charge < -0.3 is 30.3 Å². The van der Waals surface area contributed by atoms with Gasteiger partial charge in [-0.1, -0.05) is 6.07 Å². The zero-order valence-electron chi connectivity index (χ0n) is 24.9. The number of hydrogen-bond donors (Lipinski definition) is 2.